The maximum Gasteiger partial charge on any atom is 0.121 e. The van der Waals surface area contributed by atoms with Gasteiger partial charge in [0.1, 0.15) is 5.75 Å². The number of hydrogen-bond acceptors (Lipinski definition) is 2. The lowest BCUT2D eigenvalue weighted by Gasteiger charge is -2.34. The predicted molar refractivity (Wildman–Crippen MR) is 63.5 cm³/mol. The highest BCUT2D eigenvalue weighted by Gasteiger charge is 2.24. The normalized spacial score (nSPS) is 24.5. The molecule has 0 radical (unpaired) electrons. The molecular weight excluding hydrogens is 186 g/mol. The fourth-order valence-electron chi connectivity index (χ4n) is 2.22. The Morgan fingerprint density at radius 3 is 2.60 bits per heavy atom. The Kier molecular flexibility index (Phi) is 2.85. The molecular formula is C13H19NO. The van der Waals surface area contributed by atoms with Crippen molar-refractivity contribution in [2.24, 2.45) is 5.92 Å². The lowest BCUT2D eigenvalue weighted by Crippen LogP contribution is -2.33. The molecule has 15 heavy (non-hydrogen) atoms. The zero-order valence-electron chi connectivity index (χ0n) is 9.71. The molecule has 1 N–H and O–H groups in total. The van der Waals surface area contributed by atoms with Crippen molar-refractivity contribution in [1.29, 1.82) is 0 Å². The summed E-state index contributed by atoms with van der Waals surface area (Å²) in [7, 11) is 1.71. The summed E-state index contributed by atoms with van der Waals surface area (Å²) in [5.41, 5.74) is 2.40. The maximum atomic E-state index is 5.23. The van der Waals surface area contributed by atoms with Gasteiger partial charge in [-0.05, 0) is 49.4 Å². The van der Waals surface area contributed by atoms with E-state index in [-0.39, 0.29) is 0 Å². The van der Waals surface area contributed by atoms with E-state index in [2.05, 4.69) is 31.3 Å². The first kappa shape index (κ1) is 10.3. The van der Waals surface area contributed by atoms with E-state index in [0.717, 1.165) is 11.7 Å². The zero-order valence-corrected chi connectivity index (χ0v) is 9.71. The van der Waals surface area contributed by atoms with Crippen LogP contribution in [0.25, 0.3) is 0 Å². The van der Waals surface area contributed by atoms with Crippen LogP contribution in [-0.2, 0) is 0 Å². The number of hydrogen-bond donors (Lipinski definition) is 1. The number of aryl methyl sites for hydroxylation is 1. The lowest BCUT2D eigenvalue weighted by molar-refractivity contribution is 0.309. The first-order chi connectivity index (χ1) is 7.19. The Morgan fingerprint density at radius 2 is 2.07 bits per heavy atom. The Hall–Kier alpha value is -1.18. The van der Waals surface area contributed by atoms with E-state index < -0.39 is 0 Å². The molecule has 0 aliphatic heterocycles. The molecule has 1 saturated carbocycles. The van der Waals surface area contributed by atoms with E-state index >= 15 is 0 Å². The molecule has 1 aromatic rings. The standard InChI is InChI=1S/C13H19NO/c1-9-6-12(7-9)14-11-4-5-13(15-3)10(2)8-11/h4-5,8-9,12,14H,6-7H2,1-3H3. The van der Waals surface area contributed by atoms with Crippen LogP contribution in [0, 0.1) is 12.8 Å². The monoisotopic (exact) mass is 205 g/mol. The highest BCUT2D eigenvalue weighted by atomic mass is 16.5. The topological polar surface area (TPSA) is 21.3 Å². The molecule has 0 amide bonds. The molecule has 2 nitrogen and oxygen atoms in total. The van der Waals surface area contributed by atoms with Crippen LogP contribution >= 0.6 is 0 Å². The first-order valence-corrected chi connectivity index (χ1v) is 5.60. The summed E-state index contributed by atoms with van der Waals surface area (Å²) < 4.78 is 5.23. The zero-order chi connectivity index (χ0) is 10.8. The summed E-state index contributed by atoms with van der Waals surface area (Å²) >= 11 is 0. The van der Waals surface area contributed by atoms with E-state index in [9.17, 15) is 0 Å². The summed E-state index contributed by atoms with van der Waals surface area (Å²) in [4.78, 5) is 0. The summed E-state index contributed by atoms with van der Waals surface area (Å²) in [5, 5.41) is 3.55. The summed E-state index contributed by atoms with van der Waals surface area (Å²) in [6.07, 6.45) is 2.59. The van der Waals surface area contributed by atoms with Crippen molar-refractivity contribution >= 4 is 5.69 Å². The molecule has 0 unspecified atom stereocenters. The second-order valence-corrected chi connectivity index (χ2v) is 4.60. The fraction of sp³-hybridized carbons (Fsp3) is 0.538. The van der Waals surface area contributed by atoms with Gasteiger partial charge in [0.2, 0.25) is 0 Å². The third-order valence-corrected chi connectivity index (χ3v) is 3.14. The predicted octanol–water partition coefficient (Wildman–Crippen LogP) is 3.21. The second-order valence-electron chi connectivity index (χ2n) is 4.60. The van der Waals surface area contributed by atoms with E-state index in [1.807, 2.05) is 6.07 Å². The van der Waals surface area contributed by atoms with E-state index in [1.165, 1.54) is 24.1 Å². The van der Waals surface area contributed by atoms with Crippen molar-refractivity contribution < 1.29 is 4.74 Å². The van der Waals surface area contributed by atoms with Crippen LogP contribution in [-0.4, -0.2) is 13.2 Å². The highest BCUT2D eigenvalue weighted by Crippen LogP contribution is 2.30. The van der Waals surface area contributed by atoms with Crippen molar-refractivity contribution in [3.05, 3.63) is 23.8 Å². The largest absolute Gasteiger partial charge is 0.496 e. The van der Waals surface area contributed by atoms with Gasteiger partial charge in [-0.3, -0.25) is 0 Å². The van der Waals surface area contributed by atoms with Crippen LogP contribution in [0.5, 0.6) is 5.75 Å². The average Bonchev–Trinajstić information content (AvgIpc) is 2.16. The minimum Gasteiger partial charge on any atom is -0.496 e. The number of ether oxygens (including phenoxy) is 1. The van der Waals surface area contributed by atoms with Gasteiger partial charge in [-0.2, -0.15) is 0 Å². The number of methoxy groups -OCH3 is 1. The molecule has 0 bridgehead atoms. The summed E-state index contributed by atoms with van der Waals surface area (Å²) in [5.74, 6) is 1.85. The molecule has 2 heteroatoms. The second kappa shape index (κ2) is 4.13. The van der Waals surface area contributed by atoms with Gasteiger partial charge in [0.25, 0.3) is 0 Å². The van der Waals surface area contributed by atoms with E-state index in [1.54, 1.807) is 7.11 Å². The van der Waals surface area contributed by atoms with Crippen LogP contribution in [0.3, 0.4) is 0 Å². The van der Waals surface area contributed by atoms with Crippen molar-refractivity contribution in [3.8, 4) is 5.75 Å². The Morgan fingerprint density at radius 1 is 1.33 bits per heavy atom. The molecule has 1 aliphatic carbocycles. The molecule has 2 rings (SSSR count). The van der Waals surface area contributed by atoms with Crippen molar-refractivity contribution in [2.45, 2.75) is 32.7 Å². The first-order valence-electron chi connectivity index (χ1n) is 5.60. The maximum absolute atomic E-state index is 5.23. The van der Waals surface area contributed by atoms with Gasteiger partial charge in [0.15, 0.2) is 0 Å². The van der Waals surface area contributed by atoms with E-state index in [0.29, 0.717) is 6.04 Å². The Bertz CT molecular complexity index is 342. The third-order valence-electron chi connectivity index (χ3n) is 3.14. The Balaban J connectivity index is 2.00. The van der Waals surface area contributed by atoms with Crippen molar-refractivity contribution in [3.63, 3.8) is 0 Å². The van der Waals surface area contributed by atoms with Crippen LogP contribution < -0.4 is 10.1 Å². The van der Waals surface area contributed by atoms with Crippen molar-refractivity contribution in [1.82, 2.24) is 0 Å². The molecule has 1 aliphatic rings. The van der Waals surface area contributed by atoms with Crippen LogP contribution in [0.15, 0.2) is 18.2 Å². The molecule has 0 saturated heterocycles. The fourth-order valence-corrected chi connectivity index (χ4v) is 2.22. The van der Waals surface area contributed by atoms with Crippen molar-refractivity contribution in [2.75, 3.05) is 12.4 Å². The van der Waals surface area contributed by atoms with Crippen LogP contribution in [0.4, 0.5) is 5.69 Å². The minimum absolute atomic E-state index is 0.674. The number of nitrogens with one attached hydrogen (secondary N) is 1. The smallest absolute Gasteiger partial charge is 0.121 e. The molecule has 0 spiro atoms. The highest BCUT2D eigenvalue weighted by molar-refractivity contribution is 5.51. The lowest BCUT2D eigenvalue weighted by atomic mass is 9.82. The van der Waals surface area contributed by atoms with Gasteiger partial charge in [0, 0.05) is 11.7 Å². The minimum atomic E-state index is 0.674. The molecule has 0 heterocycles. The van der Waals surface area contributed by atoms with Crippen LogP contribution in [0.2, 0.25) is 0 Å². The summed E-state index contributed by atoms with van der Waals surface area (Å²) in [6.45, 7) is 4.38. The van der Waals surface area contributed by atoms with Gasteiger partial charge >= 0.3 is 0 Å². The molecule has 1 aromatic carbocycles. The summed E-state index contributed by atoms with van der Waals surface area (Å²) in [6, 6.07) is 6.95. The SMILES string of the molecule is COc1ccc(NC2CC(C)C2)cc1C. The number of rotatable bonds is 3. The molecule has 0 atom stereocenters. The Labute approximate surface area is 91.6 Å². The average molecular weight is 205 g/mol. The molecule has 82 valence electrons. The molecule has 1 fully saturated rings. The quantitative estimate of drug-likeness (QED) is 0.818. The van der Waals surface area contributed by atoms with Gasteiger partial charge in [0.05, 0.1) is 7.11 Å². The van der Waals surface area contributed by atoms with Crippen LogP contribution in [0.1, 0.15) is 25.3 Å². The van der Waals surface area contributed by atoms with Gasteiger partial charge in [-0.25, -0.2) is 0 Å². The third kappa shape index (κ3) is 2.25. The van der Waals surface area contributed by atoms with Gasteiger partial charge in [-0.1, -0.05) is 6.92 Å². The molecule has 0 aromatic heterocycles. The van der Waals surface area contributed by atoms with E-state index in [4.69, 9.17) is 4.74 Å². The number of anilines is 1. The van der Waals surface area contributed by atoms with Gasteiger partial charge in [-0.15, -0.1) is 0 Å². The van der Waals surface area contributed by atoms with Gasteiger partial charge < -0.3 is 10.1 Å². The number of benzene rings is 1.